The van der Waals surface area contributed by atoms with Crippen LogP contribution in [-0.2, 0) is 0 Å². The van der Waals surface area contributed by atoms with E-state index in [-0.39, 0.29) is 6.04 Å². The maximum Gasteiger partial charge on any atom is 0.142 e. The largest absolute Gasteiger partial charge is 0.490 e. The minimum Gasteiger partial charge on any atom is -0.490 e. The molecule has 2 atom stereocenters. The van der Waals surface area contributed by atoms with Gasteiger partial charge in [0.2, 0.25) is 0 Å². The second kappa shape index (κ2) is 5.59. The number of fused-ring (bicyclic) bond motifs is 1. The van der Waals surface area contributed by atoms with Crippen molar-refractivity contribution in [3.8, 4) is 5.75 Å². The summed E-state index contributed by atoms with van der Waals surface area (Å²) in [6, 6.07) is 5.55. The minimum atomic E-state index is -0.624. The van der Waals surface area contributed by atoms with E-state index in [0.717, 1.165) is 43.1 Å². The van der Waals surface area contributed by atoms with Crippen molar-refractivity contribution >= 4 is 5.69 Å². The molecule has 1 heterocycles. The molecule has 0 aliphatic carbocycles. The van der Waals surface area contributed by atoms with E-state index in [0.29, 0.717) is 0 Å². The molecule has 0 radical (unpaired) electrons. The Morgan fingerprint density at radius 1 is 1.50 bits per heavy atom. The third-order valence-corrected chi connectivity index (χ3v) is 3.28. The number of anilines is 1. The highest BCUT2D eigenvalue weighted by atomic mass is 16.5. The van der Waals surface area contributed by atoms with Crippen molar-refractivity contribution in [2.75, 3.05) is 24.6 Å². The maximum atomic E-state index is 10.0. The van der Waals surface area contributed by atoms with Crippen molar-refractivity contribution in [3.05, 3.63) is 23.8 Å². The standard InChI is InChI=1S/C14H22N2O2/c1-3-6-16-7-8-18-13-5-4-11(9-12(13)16)14(17)10(2)15/h4-5,9-10,14,17H,3,6-8,15H2,1-2H3. The van der Waals surface area contributed by atoms with Crippen LogP contribution in [0.3, 0.4) is 0 Å². The fourth-order valence-electron chi connectivity index (χ4n) is 2.28. The van der Waals surface area contributed by atoms with Crippen LogP contribution >= 0.6 is 0 Å². The first-order valence-electron chi connectivity index (χ1n) is 6.58. The summed E-state index contributed by atoms with van der Waals surface area (Å²) in [6.45, 7) is 6.61. The number of ether oxygens (including phenoxy) is 1. The third kappa shape index (κ3) is 2.60. The van der Waals surface area contributed by atoms with Crippen LogP contribution in [0.15, 0.2) is 18.2 Å². The highest BCUT2D eigenvalue weighted by Gasteiger charge is 2.20. The van der Waals surface area contributed by atoms with Crippen LogP contribution in [0, 0.1) is 0 Å². The zero-order valence-corrected chi connectivity index (χ0v) is 11.1. The summed E-state index contributed by atoms with van der Waals surface area (Å²) in [5, 5.41) is 10.0. The van der Waals surface area contributed by atoms with Crippen LogP contribution in [0.1, 0.15) is 31.9 Å². The van der Waals surface area contributed by atoms with Gasteiger partial charge in [-0.25, -0.2) is 0 Å². The Hall–Kier alpha value is -1.26. The Labute approximate surface area is 108 Å². The number of aliphatic hydroxyl groups excluding tert-OH is 1. The van der Waals surface area contributed by atoms with Gasteiger partial charge in [0.15, 0.2) is 0 Å². The average Bonchev–Trinajstić information content (AvgIpc) is 2.38. The van der Waals surface area contributed by atoms with Gasteiger partial charge < -0.3 is 20.5 Å². The summed E-state index contributed by atoms with van der Waals surface area (Å²) in [4.78, 5) is 2.30. The molecule has 0 aromatic heterocycles. The number of hydrogen-bond acceptors (Lipinski definition) is 4. The van der Waals surface area contributed by atoms with Crippen molar-refractivity contribution in [1.29, 1.82) is 0 Å². The van der Waals surface area contributed by atoms with Gasteiger partial charge in [-0.1, -0.05) is 13.0 Å². The molecule has 1 aromatic carbocycles. The van der Waals surface area contributed by atoms with Crippen molar-refractivity contribution < 1.29 is 9.84 Å². The predicted octanol–water partition coefficient (Wildman–Crippen LogP) is 1.68. The number of benzene rings is 1. The summed E-state index contributed by atoms with van der Waals surface area (Å²) >= 11 is 0. The quantitative estimate of drug-likeness (QED) is 0.853. The van der Waals surface area contributed by atoms with E-state index >= 15 is 0 Å². The molecule has 0 bridgehead atoms. The molecule has 4 nitrogen and oxygen atoms in total. The summed E-state index contributed by atoms with van der Waals surface area (Å²) in [5.74, 6) is 0.898. The molecule has 0 fully saturated rings. The molecule has 4 heteroatoms. The zero-order chi connectivity index (χ0) is 13.1. The lowest BCUT2D eigenvalue weighted by Gasteiger charge is -2.32. The third-order valence-electron chi connectivity index (χ3n) is 3.28. The van der Waals surface area contributed by atoms with E-state index in [1.165, 1.54) is 0 Å². The fourth-order valence-corrected chi connectivity index (χ4v) is 2.28. The van der Waals surface area contributed by atoms with Gasteiger partial charge in [-0.2, -0.15) is 0 Å². The van der Waals surface area contributed by atoms with Crippen molar-refractivity contribution in [3.63, 3.8) is 0 Å². The summed E-state index contributed by atoms with van der Waals surface area (Å²) < 4.78 is 5.64. The molecular formula is C14H22N2O2. The van der Waals surface area contributed by atoms with Gasteiger partial charge in [0.1, 0.15) is 12.4 Å². The van der Waals surface area contributed by atoms with Gasteiger partial charge in [-0.05, 0) is 31.0 Å². The molecular weight excluding hydrogens is 228 g/mol. The van der Waals surface area contributed by atoms with E-state index in [4.69, 9.17) is 10.5 Å². The molecule has 18 heavy (non-hydrogen) atoms. The van der Waals surface area contributed by atoms with Crippen LogP contribution in [0.25, 0.3) is 0 Å². The van der Waals surface area contributed by atoms with E-state index < -0.39 is 6.10 Å². The second-order valence-corrected chi connectivity index (χ2v) is 4.87. The number of hydrogen-bond donors (Lipinski definition) is 2. The van der Waals surface area contributed by atoms with Crippen LogP contribution in [0.4, 0.5) is 5.69 Å². The topological polar surface area (TPSA) is 58.7 Å². The lowest BCUT2D eigenvalue weighted by Crippen LogP contribution is -2.33. The molecule has 1 aliphatic rings. The zero-order valence-electron chi connectivity index (χ0n) is 11.1. The molecule has 100 valence electrons. The summed E-state index contributed by atoms with van der Waals surface area (Å²) in [7, 11) is 0. The van der Waals surface area contributed by atoms with Crippen molar-refractivity contribution in [2.24, 2.45) is 5.73 Å². The Morgan fingerprint density at radius 3 is 2.94 bits per heavy atom. The Bertz CT molecular complexity index is 407. The molecule has 0 saturated heterocycles. The van der Waals surface area contributed by atoms with Gasteiger partial charge in [0.05, 0.1) is 18.3 Å². The molecule has 1 aromatic rings. The number of nitrogens with two attached hydrogens (primary N) is 1. The van der Waals surface area contributed by atoms with E-state index in [1.807, 2.05) is 25.1 Å². The molecule has 1 aliphatic heterocycles. The van der Waals surface area contributed by atoms with Crippen molar-refractivity contribution in [2.45, 2.75) is 32.4 Å². The minimum absolute atomic E-state index is 0.271. The highest BCUT2D eigenvalue weighted by Crippen LogP contribution is 2.34. The first-order chi connectivity index (χ1) is 8.63. The molecule has 0 amide bonds. The monoisotopic (exact) mass is 250 g/mol. The maximum absolute atomic E-state index is 10.0. The number of aliphatic hydroxyl groups is 1. The lowest BCUT2D eigenvalue weighted by atomic mass is 10.0. The van der Waals surface area contributed by atoms with Crippen LogP contribution in [0.2, 0.25) is 0 Å². The Morgan fingerprint density at radius 2 is 2.28 bits per heavy atom. The first kappa shape index (κ1) is 13.2. The SMILES string of the molecule is CCCN1CCOc2ccc(C(O)C(C)N)cc21. The van der Waals surface area contributed by atoms with Gasteiger partial charge >= 0.3 is 0 Å². The molecule has 2 rings (SSSR count). The predicted molar refractivity (Wildman–Crippen MR) is 73.1 cm³/mol. The Balaban J connectivity index is 2.30. The fraction of sp³-hybridized carbons (Fsp3) is 0.571. The van der Waals surface area contributed by atoms with Crippen LogP contribution < -0.4 is 15.4 Å². The molecule has 3 N–H and O–H groups in total. The van der Waals surface area contributed by atoms with Gasteiger partial charge in [0.25, 0.3) is 0 Å². The molecule has 0 spiro atoms. The lowest BCUT2D eigenvalue weighted by molar-refractivity contribution is 0.153. The summed E-state index contributed by atoms with van der Waals surface area (Å²) in [5.41, 5.74) is 7.67. The Kier molecular flexibility index (Phi) is 4.09. The van der Waals surface area contributed by atoms with Crippen LogP contribution in [0.5, 0.6) is 5.75 Å². The smallest absolute Gasteiger partial charge is 0.142 e. The highest BCUT2D eigenvalue weighted by molar-refractivity contribution is 5.61. The van der Waals surface area contributed by atoms with Gasteiger partial charge in [-0.3, -0.25) is 0 Å². The molecule has 2 unspecified atom stereocenters. The number of nitrogens with zero attached hydrogens (tertiary/aromatic N) is 1. The van der Waals surface area contributed by atoms with E-state index in [2.05, 4.69) is 11.8 Å². The van der Waals surface area contributed by atoms with Gasteiger partial charge in [-0.15, -0.1) is 0 Å². The summed E-state index contributed by atoms with van der Waals surface area (Å²) in [6.07, 6.45) is 0.472. The second-order valence-electron chi connectivity index (χ2n) is 4.87. The first-order valence-corrected chi connectivity index (χ1v) is 6.58. The van der Waals surface area contributed by atoms with Gasteiger partial charge in [0, 0.05) is 12.6 Å². The normalized spacial score (nSPS) is 17.9. The van der Waals surface area contributed by atoms with E-state index in [1.54, 1.807) is 0 Å². The molecule has 0 saturated carbocycles. The van der Waals surface area contributed by atoms with Crippen molar-refractivity contribution in [1.82, 2.24) is 0 Å². The number of rotatable bonds is 4. The van der Waals surface area contributed by atoms with E-state index in [9.17, 15) is 5.11 Å². The van der Waals surface area contributed by atoms with Crippen LogP contribution in [-0.4, -0.2) is 30.8 Å². The average molecular weight is 250 g/mol.